The standard InChI is InChI=1S/C16H26O2/c1-5-12-14-8-6-7-13(14)11(4)15(12)9-18-16(17)10(2)3/h11-15H,2,5-9H2,1,3-4H3. The van der Waals surface area contributed by atoms with Gasteiger partial charge in [-0.15, -0.1) is 0 Å². The first kappa shape index (κ1) is 13.6. The molecule has 0 aromatic heterocycles. The van der Waals surface area contributed by atoms with Crippen LogP contribution in [-0.2, 0) is 9.53 Å². The summed E-state index contributed by atoms with van der Waals surface area (Å²) >= 11 is 0. The van der Waals surface area contributed by atoms with Crippen LogP contribution in [0.4, 0.5) is 0 Å². The number of esters is 1. The van der Waals surface area contributed by atoms with Crippen LogP contribution in [-0.4, -0.2) is 12.6 Å². The van der Waals surface area contributed by atoms with Crippen LogP contribution in [0.5, 0.6) is 0 Å². The molecule has 2 saturated carbocycles. The van der Waals surface area contributed by atoms with E-state index in [1.807, 2.05) is 0 Å². The van der Waals surface area contributed by atoms with Crippen LogP contribution in [0.2, 0.25) is 0 Å². The minimum Gasteiger partial charge on any atom is -0.462 e. The second kappa shape index (κ2) is 5.46. The third-order valence-corrected chi connectivity index (χ3v) is 5.30. The average Bonchev–Trinajstić information content (AvgIpc) is 2.89. The van der Waals surface area contributed by atoms with Crippen LogP contribution in [0.3, 0.4) is 0 Å². The predicted molar refractivity (Wildman–Crippen MR) is 73.0 cm³/mol. The summed E-state index contributed by atoms with van der Waals surface area (Å²) in [6.45, 7) is 10.6. The fourth-order valence-corrected chi connectivity index (χ4v) is 4.40. The van der Waals surface area contributed by atoms with Crippen molar-refractivity contribution in [2.24, 2.45) is 29.6 Å². The van der Waals surface area contributed by atoms with E-state index in [2.05, 4.69) is 20.4 Å². The Labute approximate surface area is 111 Å². The lowest BCUT2D eigenvalue weighted by atomic mass is 9.85. The molecule has 0 saturated heterocycles. The number of hydrogen-bond acceptors (Lipinski definition) is 2. The molecular formula is C16H26O2. The maximum Gasteiger partial charge on any atom is 0.333 e. The second-order valence-corrected chi connectivity index (χ2v) is 6.23. The van der Waals surface area contributed by atoms with Crippen molar-refractivity contribution in [2.75, 3.05) is 6.61 Å². The molecule has 102 valence electrons. The van der Waals surface area contributed by atoms with Crippen LogP contribution in [0, 0.1) is 29.6 Å². The van der Waals surface area contributed by atoms with Gasteiger partial charge in [0.15, 0.2) is 0 Å². The molecule has 0 aliphatic heterocycles. The monoisotopic (exact) mass is 250 g/mol. The summed E-state index contributed by atoms with van der Waals surface area (Å²) < 4.78 is 5.42. The molecule has 0 aromatic rings. The second-order valence-electron chi connectivity index (χ2n) is 6.23. The zero-order chi connectivity index (χ0) is 13.3. The van der Waals surface area contributed by atoms with Crippen molar-refractivity contribution in [3.63, 3.8) is 0 Å². The van der Waals surface area contributed by atoms with Gasteiger partial charge in [-0.25, -0.2) is 4.79 Å². The van der Waals surface area contributed by atoms with Gasteiger partial charge in [0.05, 0.1) is 6.61 Å². The van der Waals surface area contributed by atoms with E-state index in [0.717, 1.165) is 17.8 Å². The fraction of sp³-hybridized carbons (Fsp3) is 0.812. The van der Waals surface area contributed by atoms with Crippen molar-refractivity contribution < 1.29 is 9.53 Å². The lowest BCUT2D eigenvalue weighted by Crippen LogP contribution is -2.24. The Kier molecular flexibility index (Phi) is 4.14. The molecule has 0 bridgehead atoms. The molecular weight excluding hydrogens is 224 g/mol. The molecule has 2 rings (SSSR count). The van der Waals surface area contributed by atoms with Gasteiger partial charge in [0.2, 0.25) is 0 Å². The minimum absolute atomic E-state index is 0.228. The van der Waals surface area contributed by atoms with E-state index >= 15 is 0 Å². The van der Waals surface area contributed by atoms with E-state index < -0.39 is 0 Å². The summed E-state index contributed by atoms with van der Waals surface area (Å²) in [5.41, 5.74) is 0.508. The normalized spacial score (nSPS) is 38.5. The highest BCUT2D eigenvalue weighted by atomic mass is 16.5. The molecule has 0 aromatic carbocycles. The summed E-state index contributed by atoms with van der Waals surface area (Å²) in [7, 11) is 0. The van der Waals surface area contributed by atoms with E-state index in [1.165, 1.54) is 25.7 Å². The Morgan fingerprint density at radius 1 is 1.28 bits per heavy atom. The molecule has 18 heavy (non-hydrogen) atoms. The Bertz CT molecular complexity index is 334. The van der Waals surface area contributed by atoms with Crippen molar-refractivity contribution in [2.45, 2.75) is 46.5 Å². The quantitative estimate of drug-likeness (QED) is 0.560. The fourth-order valence-electron chi connectivity index (χ4n) is 4.40. The molecule has 2 aliphatic rings. The molecule has 2 aliphatic carbocycles. The molecule has 0 spiro atoms. The third-order valence-electron chi connectivity index (χ3n) is 5.30. The van der Waals surface area contributed by atoms with Crippen LogP contribution in [0.1, 0.15) is 46.5 Å². The van der Waals surface area contributed by atoms with Gasteiger partial charge in [0.25, 0.3) is 0 Å². The zero-order valence-corrected chi connectivity index (χ0v) is 11.9. The molecule has 5 atom stereocenters. The van der Waals surface area contributed by atoms with Crippen molar-refractivity contribution in [3.8, 4) is 0 Å². The van der Waals surface area contributed by atoms with Gasteiger partial charge in [-0.05, 0) is 49.4 Å². The van der Waals surface area contributed by atoms with Gasteiger partial charge < -0.3 is 4.74 Å². The van der Waals surface area contributed by atoms with E-state index in [4.69, 9.17) is 4.74 Å². The third kappa shape index (κ3) is 2.34. The lowest BCUT2D eigenvalue weighted by molar-refractivity contribution is -0.141. The van der Waals surface area contributed by atoms with Gasteiger partial charge in [0.1, 0.15) is 0 Å². The maximum absolute atomic E-state index is 11.5. The SMILES string of the molecule is C=C(C)C(=O)OCC1C(C)C2CCCC2C1CC. The number of carbonyl (C=O) groups excluding carboxylic acids is 1. The molecule has 2 heteroatoms. The lowest BCUT2D eigenvalue weighted by Gasteiger charge is -2.24. The smallest absolute Gasteiger partial charge is 0.333 e. The maximum atomic E-state index is 11.5. The molecule has 2 nitrogen and oxygen atoms in total. The summed E-state index contributed by atoms with van der Waals surface area (Å²) in [4.78, 5) is 11.5. The molecule has 0 N–H and O–H groups in total. The summed E-state index contributed by atoms with van der Waals surface area (Å²) in [6.07, 6.45) is 5.39. The topological polar surface area (TPSA) is 26.3 Å². The van der Waals surface area contributed by atoms with Crippen LogP contribution < -0.4 is 0 Å². The Hall–Kier alpha value is -0.790. The van der Waals surface area contributed by atoms with Crippen LogP contribution in [0.15, 0.2) is 12.2 Å². The van der Waals surface area contributed by atoms with Crippen molar-refractivity contribution in [1.82, 2.24) is 0 Å². The van der Waals surface area contributed by atoms with Gasteiger partial charge in [-0.1, -0.05) is 33.3 Å². The van der Waals surface area contributed by atoms with E-state index in [0.29, 0.717) is 24.0 Å². The summed E-state index contributed by atoms with van der Waals surface area (Å²) in [5.74, 6) is 3.57. The molecule has 2 fully saturated rings. The molecule has 0 radical (unpaired) electrons. The largest absolute Gasteiger partial charge is 0.462 e. The van der Waals surface area contributed by atoms with Crippen LogP contribution in [0.25, 0.3) is 0 Å². The summed E-state index contributed by atoms with van der Waals surface area (Å²) in [6, 6.07) is 0. The Balaban J connectivity index is 1.99. The van der Waals surface area contributed by atoms with E-state index in [1.54, 1.807) is 6.92 Å². The van der Waals surface area contributed by atoms with Gasteiger partial charge in [-0.3, -0.25) is 0 Å². The number of carbonyl (C=O) groups is 1. The van der Waals surface area contributed by atoms with Crippen molar-refractivity contribution >= 4 is 5.97 Å². The highest BCUT2D eigenvalue weighted by Gasteiger charge is 2.49. The number of hydrogen-bond donors (Lipinski definition) is 0. The Morgan fingerprint density at radius 3 is 2.56 bits per heavy atom. The number of rotatable bonds is 4. The van der Waals surface area contributed by atoms with Gasteiger partial charge in [-0.2, -0.15) is 0 Å². The van der Waals surface area contributed by atoms with Crippen LogP contribution >= 0.6 is 0 Å². The highest BCUT2D eigenvalue weighted by molar-refractivity contribution is 5.86. The predicted octanol–water partition coefficient (Wildman–Crippen LogP) is 3.81. The van der Waals surface area contributed by atoms with Gasteiger partial charge >= 0.3 is 5.97 Å². The molecule has 0 amide bonds. The first-order valence-corrected chi connectivity index (χ1v) is 7.38. The minimum atomic E-state index is -0.228. The Morgan fingerprint density at radius 2 is 1.94 bits per heavy atom. The van der Waals surface area contributed by atoms with Crippen molar-refractivity contribution in [3.05, 3.63) is 12.2 Å². The zero-order valence-electron chi connectivity index (χ0n) is 11.9. The highest BCUT2D eigenvalue weighted by Crippen LogP contribution is 2.54. The first-order chi connectivity index (χ1) is 8.56. The van der Waals surface area contributed by atoms with E-state index in [-0.39, 0.29) is 5.97 Å². The van der Waals surface area contributed by atoms with Gasteiger partial charge in [0, 0.05) is 5.57 Å². The van der Waals surface area contributed by atoms with E-state index in [9.17, 15) is 4.79 Å². The summed E-state index contributed by atoms with van der Waals surface area (Å²) in [5, 5.41) is 0. The first-order valence-electron chi connectivity index (χ1n) is 7.38. The molecule has 0 heterocycles. The number of ether oxygens (including phenoxy) is 1. The van der Waals surface area contributed by atoms with Crippen molar-refractivity contribution in [1.29, 1.82) is 0 Å². The average molecular weight is 250 g/mol. The molecule has 5 unspecified atom stereocenters. The number of fused-ring (bicyclic) bond motifs is 1.